The number of carbonyl (C=O) groups is 2. The summed E-state index contributed by atoms with van der Waals surface area (Å²) >= 11 is 6.00. The first-order chi connectivity index (χ1) is 14.3. The Bertz CT molecular complexity index is 894. The van der Waals surface area contributed by atoms with Crippen LogP contribution >= 0.6 is 11.6 Å². The number of benzene rings is 1. The van der Waals surface area contributed by atoms with E-state index < -0.39 is 6.04 Å². The lowest BCUT2D eigenvalue weighted by Gasteiger charge is -2.37. The minimum absolute atomic E-state index is 0.0238. The summed E-state index contributed by atoms with van der Waals surface area (Å²) in [6.07, 6.45) is 0.604. The molecule has 160 valence electrons. The average Bonchev–Trinajstić information content (AvgIpc) is 2.73. The molecule has 1 aromatic heterocycles. The van der Waals surface area contributed by atoms with Crippen LogP contribution in [0.15, 0.2) is 42.5 Å². The molecule has 1 N–H and O–H groups in total. The summed E-state index contributed by atoms with van der Waals surface area (Å²) in [5.41, 5.74) is 1.50. The van der Waals surface area contributed by atoms with Crippen LogP contribution in [-0.2, 0) is 4.79 Å². The number of hydrogen-bond acceptors (Lipinski definition) is 4. The fourth-order valence-corrected chi connectivity index (χ4v) is 3.87. The molecule has 0 radical (unpaired) electrons. The van der Waals surface area contributed by atoms with Gasteiger partial charge in [0.25, 0.3) is 5.91 Å². The van der Waals surface area contributed by atoms with Crippen LogP contribution in [0, 0.1) is 12.8 Å². The monoisotopic (exact) mass is 428 g/mol. The first-order valence-electron chi connectivity index (χ1n) is 10.4. The molecule has 1 atom stereocenters. The third kappa shape index (κ3) is 5.51. The van der Waals surface area contributed by atoms with Crippen LogP contribution in [0.1, 0.15) is 36.2 Å². The van der Waals surface area contributed by atoms with Gasteiger partial charge in [0.15, 0.2) is 0 Å². The number of hydrogen-bond donors (Lipinski definition) is 1. The molecule has 2 amide bonds. The van der Waals surface area contributed by atoms with Gasteiger partial charge in [-0.3, -0.25) is 9.59 Å². The Balaban J connectivity index is 1.65. The summed E-state index contributed by atoms with van der Waals surface area (Å²) in [7, 11) is 0. The number of pyridine rings is 1. The Morgan fingerprint density at radius 3 is 2.40 bits per heavy atom. The fourth-order valence-electron chi connectivity index (χ4n) is 3.71. The van der Waals surface area contributed by atoms with Gasteiger partial charge in [-0.25, -0.2) is 4.98 Å². The molecule has 1 saturated heterocycles. The lowest BCUT2D eigenvalue weighted by molar-refractivity contribution is -0.134. The van der Waals surface area contributed by atoms with Crippen LogP contribution in [-0.4, -0.2) is 53.9 Å². The van der Waals surface area contributed by atoms with Crippen LogP contribution in [0.2, 0.25) is 5.15 Å². The maximum atomic E-state index is 13.2. The molecule has 0 spiro atoms. The van der Waals surface area contributed by atoms with E-state index in [0.29, 0.717) is 43.3 Å². The maximum absolute atomic E-state index is 13.2. The van der Waals surface area contributed by atoms with Gasteiger partial charge in [0.2, 0.25) is 5.91 Å². The second-order valence-electron chi connectivity index (χ2n) is 8.10. The summed E-state index contributed by atoms with van der Waals surface area (Å²) in [6, 6.07) is 12.4. The Morgan fingerprint density at radius 1 is 1.07 bits per heavy atom. The minimum atomic E-state index is -0.534. The molecule has 7 heteroatoms. The van der Waals surface area contributed by atoms with Crippen molar-refractivity contribution in [1.82, 2.24) is 15.2 Å². The normalized spacial score (nSPS) is 15.2. The van der Waals surface area contributed by atoms with Crippen molar-refractivity contribution in [2.75, 3.05) is 31.1 Å². The molecule has 1 aromatic carbocycles. The maximum Gasteiger partial charge on any atom is 0.252 e. The number of nitrogens with zero attached hydrogens (tertiary/aromatic N) is 3. The largest absolute Gasteiger partial charge is 0.353 e. The van der Waals surface area contributed by atoms with Gasteiger partial charge >= 0.3 is 0 Å². The van der Waals surface area contributed by atoms with E-state index in [4.69, 9.17) is 11.6 Å². The molecule has 2 heterocycles. The van der Waals surface area contributed by atoms with E-state index in [1.54, 1.807) is 12.1 Å². The summed E-state index contributed by atoms with van der Waals surface area (Å²) in [4.78, 5) is 34.4. The van der Waals surface area contributed by atoms with E-state index in [9.17, 15) is 9.59 Å². The highest BCUT2D eigenvalue weighted by Crippen LogP contribution is 2.18. The van der Waals surface area contributed by atoms with Gasteiger partial charge in [0.1, 0.15) is 17.0 Å². The SMILES string of the molecule is Cc1ccccc1C(=O)NC(CC(C)C)C(=O)N1CCN(c2cccc(Cl)n2)CC1. The number of aromatic nitrogens is 1. The third-order valence-electron chi connectivity index (χ3n) is 5.32. The number of piperazine rings is 1. The minimum Gasteiger partial charge on any atom is -0.353 e. The van der Waals surface area contributed by atoms with Crippen LogP contribution < -0.4 is 10.2 Å². The zero-order chi connectivity index (χ0) is 21.7. The lowest BCUT2D eigenvalue weighted by Crippen LogP contribution is -2.55. The predicted octanol–water partition coefficient (Wildman–Crippen LogP) is 3.54. The highest BCUT2D eigenvalue weighted by molar-refractivity contribution is 6.29. The molecule has 0 saturated carbocycles. The van der Waals surface area contributed by atoms with Gasteiger partial charge in [0.05, 0.1) is 0 Å². The first kappa shape index (κ1) is 22.1. The van der Waals surface area contributed by atoms with Gasteiger partial charge in [-0.2, -0.15) is 0 Å². The number of halogens is 1. The van der Waals surface area contributed by atoms with E-state index in [1.165, 1.54) is 0 Å². The first-order valence-corrected chi connectivity index (χ1v) is 10.8. The predicted molar refractivity (Wildman–Crippen MR) is 120 cm³/mol. The fraction of sp³-hybridized carbons (Fsp3) is 0.435. The standard InChI is InChI=1S/C23H29ClN4O2/c1-16(2)15-19(25-22(29)18-8-5-4-7-17(18)3)23(30)28-13-11-27(12-14-28)21-10-6-9-20(24)26-21/h4-10,16,19H,11-15H2,1-3H3,(H,25,29). The van der Waals surface area contributed by atoms with Gasteiger partial charge < -0.3 is 15.1 Å². The molecule has 0 bridgehead atoms. The second-order valence-corrected chi connectivity index (χ2v) is 8.49. The topological polar surface area (TPSA) is 65.5 Å². The van der Waals surface area contributed by atoms with Crippen LogP contribution in [0.5, 0.6) is 0 Å². The van der Waals surface area contributed by atoms with Crippen molar-refractivity contribution in [2.45, 2.75) is 33.2 Å². The van der Waals surface area contributed by atoms with Gasteiger partial charge in [-0.15, -0.1) is 0 Å². The highest BCUT2D eigenvalue weighted by Gasteiger charge is 2.30. The Labute approximate surface area is 183 Å². The van der Waals surface area contributed by atoms with Crippen molar-refractivity contribution in [2.24, 2.45) is 5.92 Å². The molecule has 6 nitrogen and oxygen atoms in total. The molecule has 1 aliphatic rings. The molecule has 1 fully saturated rings. The number of carbonyl (C=O) groups excluding carboxylic acids is 2. The summed E-state index contributed by atoms with van der Waals surface area (Å²) in [5.74, 6) is 0.882. The van der Waals surface area contributed by atoms with E-state index in [1.807, 2.05) is 42.2 Å². The molecule has 3 rings (SSSR count). The summed E-state index contributed by atoms with van der Waals surface area (Å²) < 4.78 is 0. The molecule has 30 heavy (non-hydrogen) atoms. The number of anilines is 1. The van der Waals surface area contributed by atoms with Gasteiger partial charge in [0, 0.05) is 31.7 Å². The van der Waals surface area contributed by atoms with Crippen molar-refractivity contribution in [3.8, 4) is 0 Å². The molecule has 1 unspecified atom stereocenters. The zero-order valence-electron chi connectivity index (χ0n) is 17.8. The molecule has 1 aliphatic heterocycles. The van der Waals surface area contributed by atoms with E-state index in [-0.39, 0.29) is 17.7 Å². The van der Waals surface area contributed by atoms with Crippen molar-refractivity contribution in [3.05, 3.63) is 58.7 Å². The molecule has 0 aliphatic carbocycles. The Morgan fingerprint density at radius 2 is 1.77 bits per heavy atom. The smallest absolute Gasteiger partial charge is 0.252 e. The van der Waals surface area contributed by atoms with Crippen molar-refractivity contribution >= 4 is 29.2 Å². The molecule has 2 aromatic rings. The van der Waals surface area contributed by atoms with Crippen molar-refractivity contribution in [3.63, 3.8) is 0 Å². The number of rotatable bonds is 6. The van der Waals surface area contributed by atoms with Crippen LogP contribution in [0.4, 0.5) is 5.82 Å². The lowest BCUT2D eigenvalue weighted by atomic mass is 10.0. The van der Waals surface area contributed by atoms with Gasteiger partial charge in [-0.05, 0) is 43.0 Å². The Hall–Kier alpha value is -2.60. The molecular formula is C23H29ClN4O2. The summed E-state index contributed by atoms with van der Waals surface area (Å²) in [5, 5.41) is 3.44. The van der Waals surface area contributed by atoms with Crippen LogP contribution in [0.25, 0.3) is 0 Å². The van der Waals surface area contributed by atoms with Crippen LogP contribution in [0.3, 0.4) is 0 Å². The average molecular weight is 429 g/mol. The van der Waals surface area contributed by atoms with E-state index in [0.717, 1.165) is 11.4 Å². The van der Waals surface area contributed by atoms with Crippen molar-refractivity contribution < 1.29 is 9.59 Å². The molecular weight excluding hydrogens is 400 g/mol. The second kappa shape index (κ2) is 9.94. The van der Waals surface area contributed by atoms with Gasteiger partial charge in [-0.1, -0.05) is 49.7 Å². The quantitative estimate of drug-likeness (QED) is 0.715. The highest BCUT2D eigenvalue weighted by atomic mass is 35.5. The van der Waals surface area contributed by atoms with Crippen molar-refractivity contribution in [1.29, 1.82) is 0 Å². The van der Waals surface area contributed by atoms with E-state index >= 15 is 0 Å². The third-order valence-corrected chi connectivity index (χ3v) is 5.53. The number of nitrogens with one attached hydrogen (secondary N) is 1. The van der Waals surface area contributed by atoms with E-state index in [2.05, 4.69) is 29.0 Å². The summed E-state index contributed by atoms with van der Waals surface area (Å²) in [6.45, 7) is 8.55. The zero-order valence-corrected chi connectivity index (χ0v) is 18.5. The number of amides is 2. The number of aryl methyl sites for hydroxylation is 1. The Kier molecular flexibility index (Phi) is 7.32.